The minimum atomic E-state index is -0.306. The van der Waals surface area contributed by atoms with Crippen molar-refractivity contribution >= 4 is 17.4 Å². The third kappa shape index (κ3) is 4.51. The first-order valence-corrected chi connectivity index (χ1v) is 7.65. The van der Waals surface area contributed by atoms with Gasteiger partial charge in [0, 0.05) is 30.7 Å². The quantitative estimate of drug-likeness (QED) is 0.720. The number of anilines is 2. The molecule has 0 aliphatic heterocycles. The molecule has 0 bridgehead atoms. The highest BCUT2D eigenvalue weighted by molar-refractivity contribution is 6.03. The van der Waals surface area contributed by atoms with Gasteiger partial charge in [0.25, 0.3) is 5.91 Å². The molecule has 0 spiro atoms. The second-order valence-electron chi connectivity index (χ2n) is 5.18. The van der Waals surface area contributed by atoms with Crippen LogP contribution < -0.4 is 15.4 Å². The van der Waals surface area contributed by atoms with Gasteiger partial charge >= 0.3 is 0 Å². The number of nitrogens with zero attached hydrogens (tertiary/aromatic N) is 3. The van der Waals surface area contributed by atoms with Gasteiger partial charge in [0.1, 0.15) is 23.6 Å². The molecule has 0 unspecified atom stereocenters. The number of rotatable bonds is 6. The van der Waals surface area contributed by atoms with E-state index in [0.29, 0.717) is 18.1 Å². The van der Waals surface area contributed by atoms with Gasteiger partial charge in [0.2, 0.25) is 0 Å². The topological polar surface area (TPSA) is 89.0 Å². The number of nitrogens with one attached hydrogen (secondary N) is 2. The Bertz CT molecular complexity index is 838. The van der Waals surface area contributed by atoms with E-state index < -0.39 is 0 Å². The van der Waals surface area contributed by atoms with E-state index in [1.807, 2.05) is 12.1 Å². The fourth-order valence-electron chi connectivity index (χ4n) is 2.14. The van der Waals surface area contributed by atoms with Crippen LogP contribution in [0.15, 0.2) is 61.2 Å². The monoisotopic (exact) mass is 335 g/mol. The number of methoxy groups -OCH3 is 1. The van der Waals surface area contributed by atoms with Crippen molar-refractivity contribution in [3.8, 4) is 5.75 Å². The van der Waals surface area contributed by atoms with Crippen molar-refractivity contribution in [2.75, 3.05) is 17.7 Å². The summed E-state index contributed by atoms with van der Waals surface area (Å²) >= 11 is 0. The number of benzene rings is 1. The molecule has 126 valence electrons. The van der Waals surface area contributed by atoms with Gasteiger partial charge in [-0.25, -0.2) is 9.97 Å². The molecule has 1 amide bonds. The molecule has 7 nitrogen and oxygen atoms in total. The lowest BCUT2D eigenvalue weighted by molar-refractivity contribution is 0.102. The number of aromatic nitrogens is 3. The zero-order valence-corrected chi connectivity index (χ0v) is 13.6. The first-order chi connectivity index (χ1) is 12.2. The average molecular weight is 335 g/mol. The molecule has 0 aliphatic rings. The van der Waals surface area contributed by atoms with Crippen molar-refractivity contribution in [1.82, 2.24) is 15.0 Å². The largest absolute Gasteiger partial charge is 0.497 e. The Hall–Kier alpha value is -3.48. The van der Waals surface area contributed by atoms with Crippen LogP contribution in [-0.2, 0) is 6.54 Å². The van der Waals surface area contributed by atoms with Gasteiger partial charge in [0.05, 0.1) is 7.11 Å². The lowest BCUT2D eigenvalue weighted by Crippen LogP contribution is -2.14. The molecule has 2 N–H and O–H groups in total. The van der Waals surface area contributed by atoms with Crippen LogP contribution in [0.5, 0.6) is 5.75 Å². The van der Waals surface area contributed by atoms with Crippen molar-refractivity contribution in [1.29, 1.82) is 0 Å². The summed E-state index contributed by atoms with van der Waals surface area (Å²) in [6.45, 7) is 0.582. The normalized spacial score (nSPS) is 10.1. The van der Waals surface area contributed by atoms with Crippen molar-refractivity contribution in [3.63, 3.8) is 0 Å². The molecule has 0 saturated heterocycles. The Kier molecular flexibility index (Phi) is 5.16. The van der Waals surface area contributed by atoms with Crippen LogP contribution in [0, 0.1) is 0 Å². The number of pyridine rings is 1. The van der Waals surface area contributed by atoms with E-state index in [-0.39, 0.29) is 11.6 Å². The summed E-state index contributed by atoms with van der Waals surface area (Å²) in [4.78, 5) is 24.5. The fourth-order valence-corrected chi connectivity index (χ4v) is 2.14. The first-order valence-electron chi connectivity index (χ1n) is 7.65. The van der Waals surface area contributed by atoms with E-state index in [0.717, 1.165) is 11.3 Å². The molecule has 0 aliphatic carbocycles. The minimum absolute atomic E-state index is 0.281. The Labute approximate surface area is 145 Å². The molecule has 0 radical (unpaired) electrons. The van der Waals surface area contributed by atoms with Crippen LogP contribution in [0.4, 0.5) is 11.5 Å². The summed E-state index contributed by atoms with van der Waals surface area (Å²) in [5, 5.41) is 5.95. The second-order valence-corrected chi connectivity index (χ2v) is 5.18. The standard InChI is InChI=1S/C18H17N5O2/c1-25-15-4-2-14(3-5-15)23-18(24)16-10-17(22-12-21-16)20-11-13-6-8-19-9-7-13/h2-10,12H,11H2,1H3,(H,23,24)(H,20,21,22). The molecule has 7 heteroatoms. The van der Waals surface area contributed by atoms with Crippen molar-refractivity contribution in [2.45, 2.75) is 6.54 Å². The smallest absolute Gasteiger partial charge is 0.274 e. The molecular formula is C18H17N5O2. The van der Waals surface area contributed by atoms with E-state index in [4.69, 9.17) is 4.74 Å². The van der Waals surface area contributed by atoms with Gasteiger partial charge in [-0.15, -0.1) is 0 Å². The number of ether oxygens (including phenoxy) is 1. The molecular weight excluding hydrogens is 318 g/mol. The summed E-state index contributed by atoms with van der Waals surface area (Å²) in [6, 6.07) is 12.5. The summed E-state index contributed by atoms with van der Waals surface area (Å²) in [5.41, 5.74) is 2.01. The molecule has 1 aromatic carbocycles. The van der Waals surface area contributed by atoms with E-state index in [1.54, 1.807) is 49.8 Å². The average Bonchev–Trinajstić information content (AvgIpc) is 2.68. The van der Waals surface area contributed by atoms with Gasteiger partial charge in [0.15, 0.2) is 0 Å². The predicted molar refractivity (Wildman–Crippen MR) is 94.5 cm³/mol. The molecule has 3 aromatic rings. The summed E-state index contributed by atoms with van der Waals surface area (Å²) in [6.07, 6.45) is 4.81. The van der Waals surface area contributed by atoms with Crippen LogP contribution in [0.1, 0.15) is 16.1 Å². The molecule has 2 aromatic heterocycles. The highest BCUT2D eigenvalue weighted by atomic mass is 16.5. The third-order valence-electron chi connectivity index (χ3n) is 3.47. The van der Waals surface area contributed by atoms with E-state index in [2.05, 4.69) is 25.6 Å². The zero-order chi connectivity index (χ0) is 17.5. The van der Waals surface area contributed by atoms with Gasteiger partial charge in [-0.2, -0.15) is 0 Å². The summed E-state index contributed by atoms with van der Waals surface area (Å²) < 4.78 is 5.09. The van der Waals surface area contributed by atoms with Crippen LogP contribution in [0.2, 0.25) is 0 Å². The number of carbonyl (C=O) groups is 1. The molecule has 0 fully saturated rings. The Morgan fingerprint density at radius 1 is 1.08 bits per heavy atom. The van der Waals surface area contributed by atoms with E-state index in [9.17, 15) is 4.79 Å². The first kappa shape index (κ1) is 16.4. The third-order valence-corrected chi connectivity index (χ3v) is 3.47. The van der Waals surface area contributed by atoms with Crippen LogP contribution in [0.3, 0.4) is 0 Å². The van der Waals surface area contributed by atoms with Crippen LogP contribution in [0.25, 0.3) is 0 Å². The maximum absolute atomic E-state index is 12.3. The van der Waals surface area contributed by atoms with E-state index >= 15 is 0 Å². The minimum Gasteiger partial charge on any atom is -0.497 e. The van der Waals surface area contributed by atoms with Crippen LogP contribution in [-0.4, -0.2) is 28.0 Å². The van der Waals surface area contributed by atoms with E-state index in [1.165, 1.54) is 6.33 Å². The highest BCUT2D eigenvalue weighted by Crippen LogP contribution is 2.16. The second kappa shape index (κ2) is 7.87. The fraction of sp³-hybridized carbons (Fsp3) is 0.111. The SMILES string of the molecule is COc1ccc(NC(=O)c2cc(NCc3ccncc3)ncn2)cc1. The lowest BCUT2D eigenvalue weighted by Gasteiger charge is -2.08. The highest BCUT2D eigenvalue weighted by Gasteiger charge is 2.09. The van der Waals surface area contributed by atoms with Crippen molar-refractivity contribution < 1.29 is 9.53 Å². The maximum Gasteiger partial charge on any atom is 0.274 e. The van der Waals surface area contributed by atoms with Gasteiger partial charge in [-0.1, -0.05) is 0 Å². The summed E-state index contributed by atoms with van der Waals surface area (Å²) in [5.74, 6) is 0.994. The number of hydrogen-bond acceptors (Lipinski definition) is 6. The lowest BCUT2D eigenvalue weighted by atomic mass is 10.2. The number of hydrogen-bond donors (Lipinski definition) is 2. The Morgan fingerprint density at radius 2 is 1.84 bits per heavy atom. The molecule has 0 saturated carbocycles. The number of carbonyl (C=O) groups excluding carboxylic acids is 1. The Morgan fingerprint density at radius 3 is 2.56 bits per heavy atom. The van der Waals surface area contributed by atoms with Crippen molar-refractivity contribution in [3.05, 3.63) is 72.4 Å². The zero-order valence-electron chi connectivity index (χ0n) is 13.6. The number of amides is 1. The molecule has 0 atom stereocenters. The van der Waals surface area contributed by atoms with Gasteiger partial charge in [-0.3, -0.25) is 9.78 Å². The Balaban J connectivity index is 1.64. The molecule has 2 heterocycles. The van der Waals surface area contributed by atoms with Gasteiger partial charge in [-0.05, 0) is 42.0 Å². The predicted octanol–water partition coefficient (Wildman–Crippen LogP) is 2.74. The maximum atomic E-state index is 12.3. The van der Waals surface area contributed by atoms with Crippen LogP contribution >= 0.6 is 0 Å². The molecule has 3 rings (SSSR count). The molecule has 25 heavy (non-hydrogen) atoms. The van der Waals surface area contributed by atoms with Gasteiger partial charge < -0.3 is 15.4 Å². The summed E-state index contributed by atoms with van der Waals surface area (Å²) in [7, 11) is 1.59. The van der Waals surface area contributed by atoms with Crippen molar-refractivity contribution in [2.24, 2.45) is 0 Å².